The summed E-state index contributed by atoms with van der Waals surface area (Å²) in [4.78, 5) is 11.4. The molecule has 0 aromatic carbocycles. The fraction of sp³-hybridized carbons (Fsp3) is 0.875. The number of nitrogens with one attached hydrogen (secondary N) is 1. The predicted molar refractivity (Wildman–Crippen MR) is 42.5 cm³/mol. The monoisotopic (exact) mass is 157 g/mol. The van der Waals surface area contributed by atoms with Crippen LogP contribution in [-0.2, 0) is 9.53 Å². The van der Waals surface area contributed by atoms with E-state index in [9.17, 15) is 4.79 Å². The lowest BCUT2D eigenvalue weighted by Gasteiger charge is -2.19. The third-order valence-corrected chi connectivity index (χ3v) is 2.32. The number of Topliss-reactive ketones (excluding diaryl/α,β-unsaturated/α-hetero) is 1. The molecule has 0 aromatic heterocycles. The molecule has 0 bridgehead atoms. The van der Waals surface area contributed by atoms with E-state index in [1.807, 2.05) is 6.92 Å². The van der Waals surface area contributed by atoms with Gasteiger partial charge in [-0.25, -0.2) is 0 Å². The predicted octanol–water partition coefficient (Wildman–Crippen LogP) is 0.202. The summed E-state index contributed by atoms with van der Waals surface area (Å²) >= 11 is 0. The summed E-state index contributed by atoms with van der Waals surface area (Å²) in [5.41, 5.74) is -0.171. The number of rotatable bonds is 3. The SMILES string of the molecule is COCC(=O)C1(C)CCNC1. The maximum Gasteiger partial charge on any atom is 0.165 e. The maximum atomic E-state index is 11.4. The van der Waals surface area contributed by atoms with Crippen LogP contribution in [0.5, 0.6) is 0 Å². The van der Waals surface area contributed by atoms with Gasteiger partial charge in [-0.1, -0.05) is 6.92 Å². The maximum absolute atomic E-state index is 11.4. The van der Waals surface area contributed by atoms with Crippen LogP contribution in [0.4, 0.5) is 0 Å². The summed E-state index contributed by atoms with van der Waals surface area (Å²) in [6, 6.07) is 0. The highest BCUT2D eigenvalue weighted by Crippen LogP contribution is 2.25. The zero-order valence-corrected chi connectivity index (χ0v) is 7.14. The van der Waals surface area contributed by atoms with Crippen LogP contribution in [0, 0.1) is 5.41 Å². The Balaban J connectivity index is 2.49. The summed E-state index contributed by atoms with van der Waals surface area (Å²) in [7, 11) is 1.56. The van der Waals surface area contributed by atoms with Crippen molar-refractivity contribution in [2.24, 2.45) is 5.41 Å². The Morgan fingerprint density at radius 3 is 2.91 bits per heavy atom. The zero-order valence-electron chi connectivity index (χ0n) is 7.14. The standard InChI is InChI=1S/C8H15NO2/c1-8(3-4-9-6-8)7(10)5-11-2/h9H,3-6H2,1-2H3. The molecule has 11 heavy (non-hydrogen) atoms. The summed E-state index contributed by atoms with van der Waals surface area (Å²) in [6.45, 7) is 3.99. The van der Waals surface area contributed by atoms with Crippen LogP contribution in [-0.4, -0.2) is 32.6 Å². The molecular weight excluding hydrogens is 142 g/mol. The van der Waals surface area contributed by atoms with Gasteiger partial charge in [-0.3, -0.25) is 4.79 Å². The summed E-state index contributed by atoms with van der Waals surface area (Å²) in [6.07, 6.45) is 0.940. The fourth-order valence-electron chi connectivity index (χ4n) is 1.36. The molecule has 1 aliphatic rings. The van der Waals surface area contributed by atoms with Crippen molar-refractivity contribution in [1.82, 2.24) is 5.32 Å². The minimum atomic E-state index is -0.171. The summed E-state index contributed by atoms with van der Waals surface area (Å²) in [5, 5.41) is 3.18. The summed E-state index contributed by atoms with van der Waals surface area (Å²) in [5.74, 6) is 0.213. The van der Waals surface area contributed by atoms with Gasteiger partial charge in [0.05, 0.1) is 0 Å². The number of ketones is 1. The normalized spacial score (nSPS) is 30.7. The van der Waals surface area contributed by atoms with E-state index in [1.165, 1.54) is 0 Å². The van der Waals surface area contributed by atoms with Gasteiger partial charge in [-0.2, -0.15) is 0 Å². The molecule has 1 N–H and O–H groups in total. The molecule has 1 saturated heterocycles. The quantitative estimate of drug-likeness (QED) is 0.636. The number of hydrogen-bond donors (Lipinski definition) is 1. The fourth-order valence-corrected chi connectivity index (χ4v) is 1.36. The van der Waals surface area contributed by atoms with Gasteiger partial charge in [0.1, 0.15) is 6.61 Å². The van der Waals surface area contributed by atoms with Crippen LogP contribution in [0.2, 0.25) is 0 Å². The topological polar surface area (TPSA) is 38.3 Å². The molecule has 0 saturated carbocycles. The first-order chi connectivity index (χ1) is 5.19. The molecule has 0 aliphatic carbocycles. The van der Waals surface area contributed by atoms with Crippen LogP contribution in [0.3, 0.4) is 0 Å². The van der Waals surface area contributed by atoms with Crippen molar-refractivity contribution in [2.75, 3.05) is 26.8 Å². The largest absolute Gasteiger partial charge is 0.377 e. The molecule has 1 fully saturated rings. The first-order valence-electron chi connectivity index (χ1n) is 3.92. The second kappa shape index (κ2) is 3.32. The van der Waals surface area contributed by atoms with E-state index in [2.05, 4.69) is 5.32 Å². The van der Waals surface area contributed by atoms with Gasteiger partial charge in [-0.05, 0) is 13.0 Å². The molecule has 3 heteroatoms. The Morgan fingerprint density at radius 2 is 2.45 bits per heavy atom. The highest BCUT2D eigenvalue weighted by atomic mass is 16.5. The number of carbonyl (C=O) groups is 1. The Labute approximate surface area is 67.1 Å². The van der Waals surface area contributed by atoms with Crippen LogP contribution >= 0.6 is 0 Å². The molecule has 0 spiro atoms. The minimum absolute atomic E-state index is 0.171. The minimum Gasteiger partial charge on any atom is -0.377 e. The van der Waals surface area contributed by atoms with Gasteiger partial charge in [0.2, 0.25) is 0 Å². The average Bonchev–Trinajstić information content (AvgIpc) is 2.38. The molecule has 3 nitrogen and oxygen atoms in total. The van der Waals surface area contributed by atoms with Crippen molar-refractivity contribution in [2.45, 2.75) is 13.3 Å². The van der Waals surface area contributed by atoms with Gasteiger partial charge >= 0.3 is 0 Å². The molecule has 0 radical (unpaired) electrons. The molecule has 64 valence electrons. The van der Waals surface area contributed by atoms with E-state index < -0.39 is 0 Å². The number of methoxy groups -OCH3 is 1. The van der Waals surface area contributed by atoms with Crippen LogP contribution < -0.4 is 5.32 Å². The Kier molecular flexibility index (Phi) is 2.62. The molecule has 1 rings (SSSR count). The van der Waals surface area contributed by atoms with Gasteiger partial charge in [0.25, 0.3) is 0 Å². The van der Waals surface area contributed by atoms with Crippen molar-refractivity contribution < 1.29 is 9.53 Å². The molecule has 0 amide bonds. The lowest BCUT2D eigenvalue weighted by atomic mass is 9.85. The number of ether oxygens (including phenoxy) is 1. The third-order valence-electron chi connectivity index (χ3n) is 2.32. The molecule has 1 atom stereocenters. The van der Waals surface area contributed by atoms with E-state index in [0.29, 0.717) is 0 Å². The molecule has 1 heterocycles. The summed E-state index contributed by atoms with van der Waals surface area (Å²) < 4.78 is 4.80. The Morgan fingerprint density at radius 1 is 1.73 bits per heavy atom. The van der Waals surface area contributed by atoms with Gasteiger partial charge in [-0.15, -0.1) is 0 Å². The Hall–Kier alpha value is -0.410. The van der Waals surface area contributed by atoms with Gasteiger partial charge in [0, 0.05) is 19.1 Å². The van der Waals surface area contributed by atoms with Crippen molar-refractivity contribution in [3.63, 3.8) is 0 Å². The number of hydrogen-bond acceptors (Lipinski definition) is 3. The van der Waals surface area contributed by atoms with Crippen molar-refractivity contribution in [3.8, 4) is 0 Å². The highest BCUT2D eigenvalue weighted by Gasteiger charge is 2.35. The number of carbonyl (C=O) groups excluding carboxylic acids is 1. The van der Waals surface area contributed by atoms with E-state index in [1.54, 1.807) is 7.11 Å². The highest BCUT2D eigenvalue weighted by molar-refractivity contribution is 5.86. The lowest BCUT2D eigenvalue weighted by molar-refractivity contribution is -0.130. The van der Waals surface area contributed by atoms with Gasteiger partial charge < -0.3 is 10.1 Å². The van der Waals surface area contributed by atoms with E-state index >= 15 is 0 Å². The molecule has 0 aromatic rings. The van der Waals surface area contributed by atoms with Gasteiger partial charge in [0.15, 0.2) is 5.78 Å². The second-order valence-corrected chi connectivity index (χ2v) is 3.34. The first-order valence-corrected chi connectivity index (χ1v) is 3.92. The van der Waals surface area contributed by atoms with Crippen molar-refractivity contribution >= 4 is 5.78 Å². The third kappa shape index (κ3) is 1.79. The molecule has 1 unspecified atom stereocenters. The van der Waals surface area contributed by atoms with Crippen LogP contribution in [0.25, 0.3) is 0 Å². The van der Waals surface area contributed by atoms with E-state index in [-0.39, 0.29) is 17.8 Å². The van der Waals surface area contributed by atoms with Crippen molar-refractivity contribution in [1.29, 1.82) is 0 Å². The average molecular weight is 157 g/mol. The molecule has 1 aliphatic heterocycles. The van der Waals surface area contributed by atoms with Crippen LogP contribution in [0.1, 0.15) is 13.3 Å². The lowest BCUT2D eigenvalue weighted by Crippen LogP contribution is -2.32. The zero-order chi connectivity index (χ0) is 8.32. The smallest absolute Gasteiger partial charge is 0.165 e. The van der Waals surface area contributed by atoms with Crippen molar-refractivity contribution in [3.05, 3.63) is 0 Å². The second-order valence-electron chi connectivity index (χ2n) is 3.34. The van der Waals surface area contributed by atoms with E-state index in [0.717, 1.165) is 19.5 Å². The Bertz CT molecular complexity index is 150. The first kappa shape index (κ1) is 8.68. The van der Waals surface area contributed by atoms with E-state index in [4.69, 9.17) is 4.74 Å². The molecular formula is C8H15NO2. The van der Waals surface area contributed by atoms with Crippen LogP contribution in [0.15, 0.2) is 0 Å².